The van der Waals surface area contributed by atoms with E-state index in [2.05, 4.69) is 10.6 Å². The number of amides is 1. The molecule has 0 bridgehead atoms. The molecule has 21 heavy (non-hydrogen) atoms. The highest BCUT2D eigenvalue weighted by Crippen LogP contribution is 2.14. The van der Waals surface area contributed by atoms with Gasteiger partial charge in [0.25, 0.3) is 0 Å². The number of rotatable bonds is 5. The van der Waals surface area contributed by atoms with Crippen LogP contribution >= 0.6 is 11.6 Å². The summed E-state index contributed by atoms with van der Waals surface area (Å²) in [6.07, 6.45) is 0. The third kappa shape index (κ3) is 4.72. The predicted molar refractivity (Wildman–Crippen MR) is 78.1 cm³/mol. The van der Waals surface area contributed by atoms with E-state index in [0.717, 1.165) is 17.7 Å². The normalized spacial score (nSPS) is 10.2. The minimum atomic E-state index is -0.736. The monoisotopic (exact) mass is 310 g/mol. The Labute approximate surface area is 125 Å². The van der Waals surface area contributed by atoms with E-state index in [1.54, 1.807) is 24.3 Å². The quantitative estimate of drug-likeness (QED) is 0.889. The Kier molecular flexibility index (Phi) is 5.11. The fraction of sp³-hybridized carbons (Fsp3) is 0.133. The highest BCUT2D eigenvalue weighted by Gasteiger charge is 2.06. The molecule has 1 amide bonds. The van der Waals surface area contributed by atoms with Gasteiger partial charge in [0, 0.05) is 17.6 Å². The van der Waals surface area contributed by atoms with Gasteiger partial charge < -0.3 is 10.6 Å². The Morgan fingerprint density at radius 3 is 2.48 bits per heavy atom. The van der Waals surface area contributed by atoms with Crippen molar-refractivity contribution in [3.8, 4) is 0 Å². The molecule has 0 heterocycles. The summed E-state index contributed by atoms with van der Waals surface area (Å²) in [4.78, 5) is 11.6. The lowest BCUT2D eigenvalue weighted by Gasteiger charge is -2.08. The summed E-state index contributed by atoms with van der Waals surface area (Å²) in [6.45, 7) is 0.250. The molecule has 0 radical (unpaired) electrons. The summed E-state index contributed by atoms with van der Waals surface area (Å²) in [5.74, 6) is -1.69. The van der Waals surface area contributed by atoms with Crippen LogP contribution in [0.5, 0.6) is 0 Å². The predicted octanol–water partition coefficient (Wildman–Crippen LogP) is 3.35. The number of carbonyl (C=O) groups is 1. The Bertz CT molecular complexity index is 632. The van der Waals surface area contributed by atoms with E-state index in [4.69, 9.17) is 11.6 Å². The van der Waals surface area contributed by atoms with Crippen molar-refractivity contribution in [2.24, 2.45) is 0 Å². The van der Waals surface area contributed by atoms with Gasteiger partial charge in [-0.3, -0.25) is 4.79 Å². The van der Waals surface area contributed by atoms with Gasteiger partial charge in [-0.1, -0.05) is 23.7 Å². The molecule has 0 aromatic heterocycles. The minimum absolute atomic E-state index is 0.0815. The molecule has 2 rings (SSSR count). The maximum Gasteiger partial charge on any atom is 0.239 e. The second-order valence-corrected chi connectivity index (χ2v) is 4.82. The van der Waals surface area contributed by atoms with Crippen molar-refractivity contribution in [2.75, 3.05) is 11.9 Å². The number of anilines is 1. The van der Waals surface area contributed by atoms with Gasteiger partial charge in [-0.15, -0.1) is 0 Å². The van der Waals surface area contributed by atoms with Gasteiger partial charge in [0.15, 0.2) is 0 Å². The zero-order chi connectivity index (χ0) is 15.2. The zero-order valence-electron chi connectivity index (χ0n) is 11.0. The lowest BCUT2D eigenvalue weighted by Crippen LogP contribution is -2.29. The fourth-order valence-corrected chi connectivity index (χ4v) is 1.80. The van der Waals surface area contributed by atoms with E-state index in [-0.39, 0.29) is 18.1 Å². The van der Waals surface area contributed by atoms with Crippen molar-refractivity contribution >= 4 is 23.2 Å². The average molecular weight is 311 g/mol. The molecule has 0 saturated heterocycles. The molecular weight excluding hydrogens is 298 g/mol. The summed E-state index contributed by atoms with van der Waals surface area (Å²) < 4.78 is 26.1. The molecule has 2 aromatic carbocycles. The van der Waals surface area contributed by atoms with Crippen molar-refractivity contribution in [1.29, 1.82) is 0 Å². The van der Waals surface area contributed by atoms with Gasteiger partial charge in [-0.2, -0.15) is 0 Å². The second kappa shape index (κ2) is 7.04. The summed E-state index contributed by atoms with van der Waals surface area (Å²) in [7, 11) is 0. The summed E-state index contributed by atoms with van der Waals surface area (Å²) in [6, 6.07) is 10.2. The third-order valence-electron chi connectivity index (χ3n) is 2.77. The minimum Gasteiger partial charge on any atom is -0.374 e. The summed E-state index contributed by atoms with van der Waals surface area (Å²) in [5.41, 5.74) is 0.985. The van der Waals surface area contributed by atoms with Gasteiger partial charge in [0.05, 0.1) is 12.2 Å². The first-order valence-electron chi connectivity index (χ1n) is 6.24. The maximum absolute atomic E-state index is 13.3. The number of hydrogen-bond acceptors (Lipinski definition) is 2. The fourth-order valence-electron chi connectivity index (χ4n) is 1.67. The molecule has 0 unspecified atom stereocenters. The van der Waals surface area contributed by atoms with Crippen LogP contribution in [0, 0.1) is 11.6 Å². The molecule has 0 aliphatic rings. The molecule has 0 spiro atoms. The molecule has 0 saturated carbocycles. The molecule has 0 fully saturated rings. The molecule has 3 nitrogen and oxygen atoms in total. The lowest BCUT2D eigenvalue weighted by molar-refractivity contribution is -0.119. The van der Waals surface area contributed by atoms with Gasteiger partial charge in [-0.25, -0.2) is 8.78 Å². The Hall–Kier alpha value is -2.14. The molecule has 2 N–H and O–H groups in total. The van der Waals surface area contributed by atoms with Gasteiger partial charge >= 0.3 is 0 Å². The molecule has 0 atom stereocenters. The van der Waals surface area contributed by atoms with Crippen LogP contribution in [0.1, 0.15) is 5.56 Å². The molecule has 0 aliphatic carbocycles. The van der Waals surface area contributed by atoms with Gasteiger partial charge in [-0.05, 0) is 29.8 Å². The van der Waals surface area contributed by atoms with Crippen molar-refractivity contribution < 1.29 is 13.6 Å². The van der Waals surface area contributed by atoms with Crippen LogP contribution in [0.2, 0.25) is 5.02 Å². The highest BCUT2D eigenvalue weighted by atomic mass is 35.5. The van der Waals surface area contributed by atoms with E-state index in [1.807, 2.05) is 0 Å². The Morgan fingerprint density at radius 2 is 1.81 bits per heavy atom. The van der Waals surface area contributed by atoms with Crippen molar-refractivity contribution in [3.05, 3.63) is 64.7 Å². The number of halogens is 3. The third-order valence-corrected chi connectivity index (χ3v) is 3.03. The molecule has 6 heteroatoms. The Morgan fingerprint density at radius 1 is 1.10 bits per heavy atom. The number of nitrogens with one attached hydrogen (secondary N) is 2. The first kappa shape index (κ1) is 15.3. The second-order valence-electron chi connectivity index (χ2n) is 4.38. The van der Waals surface area contributed by atoms with Crippen LogP contribution in [0.4, 0.5) is 14.5 Å². The SMILES string of the molecule is O=C(CNc1ccc(F)cc1F)NCc1ccc(Cl)cc1. The highest BCUT2D eigenvalue weighted by molar-refractivity contribution is 6.30. The van der Waals surface area contributed by atoms with E-state index in [1.165, 1.54) is 6.07 Å². The molecular formula is C15H13ClF2N2O. The summed E-state index contributed by atoms with van der Waals surface area (Å²) >= 11 is 5.76. The van der Waals surface area contributed by atoms with Crippen LogP contribution in [0.15, 0.2) is 42.5 Å². The zero-order valence-corrected chi connectivity index (χ0v) is 11.8. The topological polar surface area (TPSA) is 41.1 Å². The standard InChI is InChI=1S/C15H13ClF2N2O/c16-11-3-1-10(2-4-11)8-20-15(21)9-19-14-6-5-12(17)7-13(14)18/h1-7,19H,8-9H2,(H,20,21). The van der Waals surface area contributed by atoms with Crippen LogP contribution in [-0.4, -0.2) is 12.5 Å². The van der Waals surface area contributed by atoms with Crippen LogP contribution < -0.4 is 10.6 Å². The number of carbonyl (C=O) groups excluding carboxylic acids is 1. The number of benzene rings is 2. The van der Waals surface area contributed by atoms with Crippen LogP contribution in [0.25, 0.3) is 0 Å². The first-order chi connectivity index (χ1) is 10.0. The Balaban J connectivity index is 1.80. The number of hydrogen-bond donors (Lipinski definition) is 2. The smallest absolute Gasteiger partial charge is 0.239 e. The average Bonchev–Trinajstić information content (AvgIpc) is 2.46. The first-order valence-corrected chi connectivity index (χ1v) is 6.62. The molecule has 110 valence electrons. The van der Waals surface area contributed by atoms with E-state index >= 15 is 0 Å². The largest absolute Gasteiger partial charge is 0.374 e. The van der Waals surface area contributed by atoms with E-state index in [9.17, 15) is 13.6 Å². The van der Waals surface area contributed by atoms with E-state index < -0.39 is 11.6 Å². The summed E-state index contributed by atoms with van der Waals surface area (Å²) in [5, 5.41) is 5.91. The molecule has 0 aliphatic heterocycles. The molecule has 2 aromatic rings. The maximum atomic E-state index is 13.3. The van der Waals surface area contributed by atoms with Crippen molar-refractivity contribution in [1.82, 2.24) is 5.32 Å². The van der Waals surface area contributed by atoms with Crippen molar-refractivity contribution in [2.45, 2.75) is 6.54 Å². The van der Waals surface area contributed by atoms with E-state index in [0.29, 0.717) is 11.6 Å². The van der Waals surface area contributed by atoms with Gasteiger partial charge in [0.1, 0.15) is 11.6 Å². The van der Waals surface area contributed by atoms with Crippen molar-refractivity contribution in [3.63, 3.8) is 0 Å². The van der Waals surface area contributed by atoms with Crippen LogP contribution in [-0.2, 0) is 11.3 Å². The van der Waals surface area contributed by atoms with Crippen LogP contribution in [0.3, 0.4) is 0 Å². The lowest BCUT2D eigenvalue weighted by atomic mass is 10.2. The van der Waals surface area contributed by atoms with Gasteiger partial charge in [0.2, 0.25) is 5.91 Å².